The van der Waals surface area contributed by atoms with E-state index in [1.165, 1.54) is 18.4 Å². The van der Waals surface area contributed by atoms with Crippen LogP contribution in [0.25, 0.3) is 0 Å². The van der Waals surface area contributed by atoms with Crippen molar-refractivity contribution in [2.75, 3.05) is 0 Å². The minimum atomic E-state index is -0.509. The molecule has 2 nitrogen and oxygen atoms in total. The molecule has 1 aromatic carbocycles. The predicted octanol–water partition coefficient (Wildman–Crippen LogP) is 3.25. The van der Waals surface area contributed by atoms with Gasteiger partial charge in [0.25, 0.3) is 0 Å². The Hall–Kier alpha value is -1.18. The molecule has 1 saturated carbocycles. The van der Waals surface area contributed by atoms with E-state index in [9.17, 15) is 0 Å². The molecule has 0 amide bonds. The van der Waals surface area contributed by atoms with Crippen molar-refractivity contribution in [1.29, 1.82) is 0 Å². The molecule has 0 aromatic heterocycles. The Morgan fingerprint density at radius 1 is 1.00 bits per heavy atom. The molecule has 15 heavy (non-hydrogen) atoms. The Labute approximate surface area is 90.2 Å². The highest BCUT2D eigenvalue weighted by atomic mass is 16.7. The van der Waals surface area contributed by atoms with Crippen LogP contribution in [0.3, 0.4) is 0 Å². The molecule has 0 atom stereocenters. The van der Waals surface area contributed by atoms with Gasteiger partial charge in [-0.1, -0.05) is 13.0 Å². The van der Waals surface area contributed by atoms with Crippen LogP contribution in [-0.4, -0.2) is 5.79 Å². The Morgan fingerprint density at radius 3 is 2.33 bits per heavy atom. The fourth-order valence-corrected chi connectivity index (χ4v) is 2.07. The highest BCUT2D eigenvalue weighted by Gasteiger charge is 2.40. The molecule has 1 aliphatic heterocycles. The molecular weight excluding hydrogens is 188 g/mol. The van der Waals surface area contributed by atoms with Gasteiger partial charge in [0.2, 0.25) is 5.79 Å². The average Bonchev–Trinajstić information content (AvgIpc) is 2.78. The first-order valence-electron chi connectivity index (χ1n) is 5.51. The molecule has 3 rings (SSSR count). The molecule has 0 saturated heterocycles. The van der Waals surface area contributed by atoms with Gasteiger partial charge in [-0.15, -0.1) is 0 Å². The second kappa shape index (κ2) is 2.49. The highest BCUT2D eigenvalue weighted by molar-refractivity contribution is 5.48. The highest BCUT2D eigenvalue weighted by Crippen LogP contribution is 2.50. The minimum Gasteiger partial charge on any atom is -0.449 e. The first-order valence-corrected chi connectivity index (χ1v) is 5.51. The first-order chi connectivity index (χ1) is 6.99. The molecule has 0 bridgehead atoms. The summed E-state index contributed by atoms with van der Waals surface area (Å²) in [6, 6.07) is 6.33. The zero-order chi connectivity index (χ0) is 10.7. The fraction of sp³-hybridized carbons (Fsp3) is 0.538. The number of rotatable bonds is 1. The van der Waals surface area contributed by atoms with Gasteiger partial charge in [-0.2, -0.15) is 0 Å². The summed E-state index contributed by atoms with van der Waals surface area (Å²) in [5.74, 6) is 1.25. The first kappa shape index (κ1) is 9.08. The maximum absolute atomic E-state index is 5.74. The summed E-state index contributed by atoms with van der Waals surface area (Å²) in [6.07, 6.45) is 2.58. The molecular formula is C13H16O2. The van der Waals surface area contributed by atoms with Crippen LogP contribution in [0.4, 0.5) is 0 Å². The van der Waals surface area contributed by atoms with Crippen molar-refractivity contribution in [3.05, 3.63) is 23.8 Å². The minimum absolute atomic E-state index is 0.394. The van der Waals surface area contributed by atoms with Crippen LogP contribution in [0.1, 0.15) is 39.2 Å². The van der Waals surface area contributed by atoms with E-state index in [1.54, 1.807) is 0 Å². The van der Waals surface area contributed by atoms with Gasteiger partial charge in [0.05, 0.1) is 0 Å². The summed E-state index contributed by atoms with van der Waals surface area (Å²) in [6.45, 7) is 6.17. The molecule has 1 fully saturated rings. The van der Waals surface area contributed by atoms with Crippen LogP contribution in [0.15, 0.2) is 18.2 Å². The Kier molecular flexibility index (Phi) is 1.51. The summed E-state index contributed by atoms with van der Waals surface area (Å²) in [7, 11) is 0. The van der Waals surface area contributed by atoms with E-state index < -0.39 is 5.79 Å². The smallest absolute Gasteiger partial charge is 0.246 e. The zero-order valence-electron chi connectivity index (χ0n) is 9.46. The second-order valence-electron chi connectivity index (χ2n) is 5.33. The van der Waals surface area contributed by atoms with Gasteiger partial charge < -0.3 is 9.47 Å². The normalized spacial score (nSPS) is 23.9. The maximum atomic E-state index is 5.74. The summed E-state index contributed by atoms with van der Waals surface area (Å²) in [4.78, 5) is 0. The Bertz CT molecular complexity index is 417. The van der Waals surface area contributed by atoms with E-state index in [1.807, 2.05) is 19.9 Å². The van der Waals surface area contributed by atoms with Crippen molar-refractivity contribution in [2.45, 2.75) is 44.8 Å². The van der Waals surface area contributed by atoms with Gasteiger partial charge in [0.15, 0.2) is 11.5 Å². The lowest BCUT2D eigenvalue weighted by Gasteiger charge is -2.16. The number of benzene rings is 1. The number of hydrogen-bond donors (Lipinski definition) is 0. The molecule has 2 heteroatoms. The number of fused-ring (bicyclic) bond motifs is 1. The van der Waals surface area contributed by atoms with Crippen molar-refractivity contribution in [1.82, 2.24) is 0 Å². The summed E-state index contributed by atoms with van der Waals surface area (Å²) >= 11 is 0. The van der Waals surface area contributed by atoms with E-state index in [0.29, 0.717) is 5.41 Å². The van der Waals surface area contributed by atoms with Crippen LogP contribution < -0.4 is 9.47 Å². The van der Waals surface area contributed by atoms with E-state index in [0.717, 1.165) is 11.5 Å². The third kappa shape index (κ3) is 1.39. The van der Waals surface area contributed by atoms with Crippen molar-refractivity contribution in [3.8, 4) is 11.5 Å². The van der Waals surface area contributed by atoms with E-state index in [4.69, 9.17) is 9.47 Å². The van der Waals surface area contributed by atoms with Crippen LogP contribution in [-0.2, 0) is 5.41 Å². The third-order valence-electron chi connectivity index (χ3n) is 3.35. The largest absolute Gasteiger partial charge is 0.449 e. The Balaban J connectivity index is 1.99. The monoisotopic (exact) mass is 204 g/mol. The topological polar surface area (TPSA) is 18.5 Å². The molecule has 1 heterocycles. The van der Waals surface area contributed by atoms with Crippen LogP contribution in [0.5, 0.6) is 11.5 Å². The lowest BCUT2D eigenvalue weighted by Crippen LogP contribution is -2.29. The van der Waals surface area contributed by atoms with E-state index in [2.05, 4.69) is 19.1 Å². The molecule has 0 radical (unpaired) electrons. The molecule has 1 aromatic rings. The van der Waals surface area contributed by atoms with Gasteiger partial charge in [0.1, 0.15) is 0 Å². The quantitative estimate of drug-likeness (QED) is 0.699. The van der Waals surface area contributed by atoms with Gasteiger partial charge in [-0.25, -0.2) is 0 Å². The zero-order valence-corrected chi connectivity index (χ0v) is 9.46. The van der Waals surface area contributed by atoms with Gasteiger partial charge >= 0.3 is 0 Å². The Morgan fingerprint density at radius 2 is 1.67 bits per heavy atom. The van der Waals surface area contributed by atoms with Crippen molar-refractivity contribution in [2.24, 2.45) is 0 Å². The number of ether oxygens (including phenoxy) is 2. The molecule has 2 aliphatic rings. The number of hydrogen-bond acceptors (Lipinski definition) is 2. The molecule has 0 N–H and O–H groups in total. The predicted molar refractivity (Wildman–Crippen MR) is 58.4 cm³/mol. The van der Waals surface area contributed by atoms with Crippen LogP contribution in [0.2, 0.25) is 0 Å². The summed E-state index contributed by atoms with van der Waals surface area (Å²) in [5, 5.41) is 0. The third-order valence-corrected chi connectivity index (χ3v) is 3.35. The summed E-state index contributed by atoms with van der Waals surface area (Å²) in [5.41, 5.74) is 1.77. The molecule has 0 unspecified atom stereocenters. The van der Waals surface area contributed by atoms with Crippen molar-refractivity contribution < 1.29 is 9.47 Å². The van der Waals surface area contributed by atoms with Gasteiger partial charge in [0, 0.05) is 13.8 Å². The second-order valence-corrected chi connectivity index (χ2v) is 5.33. The van der Waals surface area contributed by atoms with E-state index >= 15 is 0 Å². The molecule has 80 valence electrons. The summed E-state index contributed by atoms with van der Waals surface area (Å²) < 4.78 is 11.4. The lowest BCUT2D eigenvalue weighted by atomic mass is 9.98. The lowest BCUT2D eigenvalue weighted by molar-refractivity contribution is -0.0431. The fourth-order valence-electron chi connectivity index (χ4n) is 2.07. The molecule has 1 aliphatic carbocycles. The van der Waals surface area contributed by atoms with Crippen molar-refractivity contribution >= 4 is 0 Å². The van der Waals surface area contributed by atoms with Crippen LogP contribution in [0, 0.1) is 0 Å². The SMILES string of the molecule is CC1(C)Oc2ccc(C3(C)CC3)cc2O1. The molecule has 0 spiro atoms. The van der Waals surface area contributed by atoms with Crippen molar-refractivity contribution in [3.63, 3.8) is 0 Å². The van der Waals surface area contributed by atoms with Gasteiger partial charge in [-0.3, -0.25) is 0 Å². The maximum Gasteiger partial charge on any atom is 0.246 e. The standard InChI is InChI=1S/C13H16O2/c1-12(2)14-10-5-4-9(8-11(10)15-12)13(3)6-7-13/h4-5,8H,6-7H2,1-3H3. The van der Waals surface area contributed by atoms with E-state index in [-0.39, 0.29) is 0 Å². The van der Waals surface area contributed by atoms with Crippen LogP contribution >= 0.6 is 0 Å². The van der Waals surface area contributed by atoms with Gasteiger partial charge in [-0.05, 0) is 36.0 Å². The average molecular weight is 204 g/mol.